The normalized spacial score (nSPS) is 18.2. The van der Waals surface area contributed by atoms with E-state index in [0.717, 1.165) is 56.3 Å². The summed E-state index contributed by atoms with van der Waals surface area (Å²) in [6.07, 6.45) is 0. The Morgan fingerprint density at radius 2 is 2.00 bits per heavy atom. The van der Waals surface area contributed by atoms with Crippen molar-refractivity contribution in [1.82, 2.24) is 9.47 Å². The molecule has 1 unspecified atom stereocenters. The molecule has 5 heteroatoms. The van der Waals surface area contributed by atoms with Gasteiger partial charge in [-0.2, -0.15) is 0 Å². The molecule has 112 valence electrons. The molecule has 2 rings (SSSR count). The number of aryl methyl sites for hydroxylation is 1. The van der Waals surface area contributed by atoms with Gasteiger partial charge in [0.15, 0.2) is 5.78 Å². The number of rotatable bonds is 5. The standard InChI is InChI=1S/C15H23ClN2O2/c1-11-10-14(15(19)12(2)16)13(3)18(11)5-4-17-6-8-20-9-7-17/h10,12H,4-9H2,1-3H3. The maximum absolute atomic E-state index is 12.1. The van der Waals surface area contributed by atoms with E-state index in [9.17, 15) is 4.79 Å². The van der Waals surface area contributed by atoms with Crippen molar-refractivity contribution in [3.05, 3.63) is 23.0 Å². The predicted molar refractivity (Wildman–Crippen MR) is 80.8 cm³/mol. The monoisotopic (exact) mass is 298 g/mol. The van der Waals surface area contributed by atoms with Gasteiger partial charge >= 0.3 is 0 Å². The van der Waals surface area contributed by atoms with Gasteiger partial charge in [-0.05, 0) is 26.8 Å². The third kappa shape index (κ3) is 3.43. The van der Waals surface area contributed by atoms with Crippen LogP contribution in [0.25, 0.3) is 0 Å². The number of ketones is 1. The fraction of sp³-hybridized carbons (Fsp3) is 0.667. The molecule has 0 spiro atoms. The first kappa shape index (κ1) is 15.5. The molecule has 1 fully saturated rings. The van der Waals surface area contributed by atoms with Crippen LogP contribution in [0.1, 0.15) is 28.7 Å². The highest BCUT2D eigenvalue weighted by molar-refractivity contribution is 6.33. The maximum Gasteiger partial charge on any atom is 0.182 e. The van der Waals surface area contributed by atoms with Gasteiger partial charge in [-0.15, -0.1) is 11.6 Å². The zero-order chi connectivity index (χ0) is 14.7. The van der Waals surface area contributed by atoms with Crippen molar-refractivity contribution < 1.29 is 9.53 Å². The van der Waals surface area contributed by atoms with Gasteiger partial charge in [0.05, 0.1) is 18.6 Å². The Bertz CT molecular complexity index is 476. The van der Waals surface area contributed by atoms with Crippen LogP contribution in [0, 0.1) is 13.8 Å². The number of Topliss-reactive ketones (excluding diaryl/α,β-unsaturated/α-hetero) is 1. The minimum atomic E-state index is -0.469. The van der Waals surface area contributed by atoms with Crippen LogP contribution in [0.15, 0.2) is 6.07 Å². The fourth-order valence-electron chi connectivity index (χ4n) is 2.68. The van der Waals surface area contributed by atoms with Crippen molar-refractivity contribution in [1.29, 1.82) is 0 Å². The molecule has 0 aromatic carbocycles. The van der Waals surface area contributed by atoms with Crippen LogP contribution in [0.4, 0.5) is 0 Å². The number of aromatic nitrogens is 1. The number of halogens is 1. The summed E-state index contributed by atoms with van der Waals surface area (Å²) in [6.45, 7) is 11.3. The van der Waals surface area contributed by atoms with Crippen molar-refractivity contribution in [2.75, 3.05) is 32.8 Å². The van der Waals surface area contributed by atoms with Crippen molar-refractivity contribution in [3.63, 3.8) is 0 Å². The maximum atomic E-state index is 12.1. The number of nitrogens with zero attached hydrogens (tertiary/aromatic N) is 2. The summed E-state index contributed by atoms with van der Waals surface area (Å²) in [4.78, 5) is 14.5. The molecule has 0 amide bonds. The molecule has 1 aliphatic rings. The van der Waals surface area contributed by atoms with E-state index in [1.807, 2.05) is 19.9 Å². The smallest absolute Gasteiger partial charge is 0.182 e. The SMILES string of the molecule is Cc1cc(C(=O)C(C)Cl)c(C)n1CCN1CCOCC1. The first-order valence-corrected chi connectivity index (χ1v) is 7.59. The number of hydrogen-bond donors (Lipinski definition) is 0. The molecule has 1 atom stereocenters. The number of carbonyl (C=O) groups is 1. The number of alkyl halides is 1. The summed E-state index contributed by atoms with van der Waals surface area (Å²) in [5, 5.41) is -0.469. The Morgan fingerprint density at radius 3 is 2.60 bits per heavy atom. The van der Waals surface area contributed by atoms with E-state index in [1.165, 1.54) is 0 Å². The third-order valence-corrected chi connectivity index (χ3v) is 4.14. The summed E-state index contributed by atoms with van der Waals surface area (Å²) in [5.74, 6) is 0.0115. The first-order valence-electron chi connectivity index (χ1n) is 7.16. The van der Waals surface area contributed by atoms with Crippen LogP contribution in [0.2, 0.25) is 0 Å². The zero-order valence-electron chi connectivity index (χ0n) is 12.5. The van der Waals surface area contributed by atoms with Gasteiger partial charge in [0.25, 0.3) is 0 Å². The summed E-state index contributed by atoms with van der Waals surface area (Å²) >= 11 is 5.91. The zero-order valence-corrected chi connectivity index (χ0v) is 13.2. The highest BCUT2D eigenvalue weighted by Crippen LogP contribution is 2.18. The van der Waals surface area contributed by atoms with Crippen LogP contribution in [-0.4, -0.2) is 53.5 Å². The summed E-state index contributed by atoms with van der Waals surface area (Å²) in [6, 6.07) is 1.95. The lowest BCUT2D eigenvalue weighted by Gasteiger charge is -2.27. The van der Waals surface area contributed by atoms with E-state index in [4.69, 9.17) is 16.3 Å². The Morgan fingerprint density at radius 1 is 1.35 bits per heavy atom. The molecule has 20 heavy (non-hydrogen) atoms. The Kier molecular flexibility index (Phi) is 5.24. The molecular formula is C15H23ClN2O2. The average molecular weight is 299 g/mol. The second-order valence-electron chi connectivity index (χ2n) is 5.37. The largest absolute Gasteiger partial charge is 0.379 e. The second kappa shape index (κ2) is 6.74. The van der Waals surface area contributed by atoms with Crippen LogP contribution >= 0.6 is 11.6 Å². The van der Waals surface area contributed by atoms with Gasteiger partial charge < -0.3 is 9.30 Å². The number of carbonyl (C=O) groups excluding carboxylic acids is 1. The van der Waals surface area contributed by atoms with Crippen LogP contribution in [-0.2, 0) is 11.3 Å². The Labute approximate surface area is 125 Å². The third-order valence-electron chi connectivity index (χ3n) is 3.94. The summed E-state index contributed by atoms with van der Waals surface area (Å²) < 4.78 is 7.56. The second-order valence-corrected chi connectivity index (χ2v) is 6.03. The highest BCUT2D eigenvalue weighted by atomic mass is 35.5. The van der Waals surface area contributed by atoms with Gasteiger partial charge in [0, 0.05) is 43.1 Å². The minimum Gasteiger partial charge on any atom is -0.379 e. The number of hydrogen-bond acceptors (Lipinski definition) is 3. The van der Waals surface area contributed by atoms with E-state index >= 15 is 0 Å². The van der Waals surface area contributed by atoms with Crippen LogP contribution < -0.4 is 0 Å². The summed E-state index contributed by atoms with van der Waals surface area (Å²) in [7, 11) is 0. The van der Waals surface area contributed by atoms with E-state index in [-0.39, 0.29) is 5.78 Å². The first-order chi connectivity index (χ1) is 9.50. The Balaban J connectivity index is 2.06. The predicted octanol–water partition coefficient (Wildman–Crippen LogP) is 2.25. The van der Waals surface area contributed by atoms with Gasteiger partial charge in [0.1, 0.15) is 0 Å². The van der Waals surface area contributed by atoms with Gasteiger partial charge in [-0.1, -0.05) is 0 Å². The number of morpholine rings is 1. The molecule has 1 aliphatic heterocycles. The molecular weight excluding hydrogens is 276 g/mol. The van der Waals surface area contributed by atoms with Crippen LogP contribution in [0.3, 0.4) is 0 Å². The number of ether oxygens (including phenoxy) is 1. The molecule has 1 aromatic heterocycles. The van der Waals surface area contributed by atoms with Gasteiger partial charge in [-0.3, -0.25) is 9.69 Å². The molecule has 0 N–H and O–H groups in total. The molecule has 0 bridgehead atoms. The van der Waals surface area contributed by atoms with Crippen molar-refractivity contribution in [2.45, 2.75) is 32.7 Å². The van der Waals surface area contributed by atoms with E-state index in [1.54, 1.807) is 6.92 Å². The molecule has 0 aliphatic carbocycles. The van der Waals surface area contributed by atoms with E-state index in [0.29, 0.717) is 0 Å². The summed E-state index contributed by atoms with van der Waals surface area (Å²) in [5.41, 5.74) is 2.90. The van der Waals surface area contributed by atoms with E-state index in [2.05, 4.69) is 9.47 Å². The Hall–Kier alpha value is -0.840. The van der Waals surface area contributed by atoms with Crippen molar-refractivity contribution in [3.8, 4) is 0 Å². The van der Waals surface area contributed by atoms with E-state index < -0.39 is 5.38 Å². The topological polar surface area (TPSA) is 34.5 Å². The quantitative estimate of drug-likeness (QED) is 0.618. The average Bonchev–Trinajstić information content (AvgIpc) is 2.72. The van der Waals surface area contributed by atoms with Gasteiger partial charge in [0.2, 0.25) is 0 Å². The molecule has 2 heterocycles. The lowest BCUT2D eigenvalue weighted by molar-refractivity contribution is 0.0363. The molecule has 1 aromatic rings. The molecule has 0 saturated carbocycles. The fourth-order valence-corrected chi connectivity index (χ4v) is 2.79. The minimum absolute atomic E-state index is 0.0115. The lowest BCUT2D eigenvalue weighted by atomic mass is 10.1. The van der Waals surface area contributed by atoms with Gasteiger partial charge in [-0.25, -0.2) is 0 Å². The van der Waals surface area contributed by atoms with Crippen molar-refractivity contribution >= 4 is 17.4 Å². The van der Waals surface area contributed by atoms with Crippen LogP contribution in [0.5, 0.6) is 0 Å². The lowest BCUT2D eigenvalue weighted by Crippen LogP contribution is -2.38. The molecule has 0 radical (unpaired) electrons. The molecule has 1 saturated heterocycles. The van der Waals surface area contributed by atoms with Crippen molar-refractivity contribution in [2.24, 2.45) is 0 Å². The highest BCUT2D eigenvalue weighted by Gasteiger charge is 2.19. The molecule has 4 nitrogen and oxygen atoms in total.